The lowest BCUT2D eigenvalue weighted by atomic mass is 10.1. The highest BCUT2D eigenvalue weighted by molar-refractivity contribution is 5.86. The first-order valence-electron chi connectivity index (χ1n) is 7.17. The van der Waals surface area contributed by atoms with Gasteiger partial charge in [-0.3, -0.25) is 4.79 Å². The molecule has 10 heteroatoms. The predicted molar refractivity (Wildman–Crippen MR) is 79.2 cm³/mol. The van der Waals surface area contributed by atoms with Crippen molar-refractivity contribution in [3.63, 3.8) is 0 Å². The van der Waals surface area contributed by atoms with Crippen LogP contribution < -0.4 is 16.0 Å². The van der Waals surface area contributed by atoms with Gasteiger partial charge in [0, 0.05) is 6.42 Å². The third kappa shape index (κ3) is 10.1. The van der Waals surface area contributed by atoms with E-state index in [1.165, 1.54) is 0 Å². The lowest BCUT2D eigenvalue weighted by molar-refractivity contribution is -0.140. The van der Waals surface area contributed by atoms with Crippen molar-refractivity contribution in [2.24, 2.45) is 0 Å². The van der Waals surface area contributed by atoms with Gasteiger partial charge in [0.2, 0.25) is 0 Å². The van der Waals surface area contributed by atoms with Gasteiger partial charge in [0.15, 0.2) is 0 Å². The second kappa shape index (κ2) is 11.2. The molecule has 0 fully saturated rings. The van der Waals surface area contributed by atoms with E-state index in [1.54, 1.807) is 7.05 Å². The molecule has 0 aromatic rings. The van der Waals surface area contributed by atoms with Gasteiger partial charge < -0.3 is 31.3 Å². The molecular weight excluding hydrogens is 310 g/mol. The van der Waals surface area contributed by atoms with Crippen LogP contribution in [0.25, 0.3) is 0 Å². The molecule has 0 aliphatic carbocycles. The number of amides is 2. The Labute approximate surface area is 133 Å². The number of carboxylic acids is 3. The Morgan fingerprint density at radius 2 is 1.39 bits per heavy atom. The monoisotopic (exact) mass is 333 g/mol. The van der Waals surface area contributed by atoms with Gasteiger partial charge in [-0.1, -0.05) is 0 Å². The lowest BCUT2D eigenvalue weighted by Crippen LogP contribution is -2.51. The average Bonchev–Trinajstić information content (AvgIpc) is 2.45. The summed E-state index contributed by atoms with van der Waals surface area (Å²) in [5.74, 6) is -3.80. The highest BCUT2D eigenvalue weighted by atomic mass is 16.4. The molecule has 2 amide bonds. The van der Waals surface area contributed by atoms with Crippen molar-refractivity contribution in [2.45, 2.75) is 44.2 Å². The summed E-state index contributed by atoms with van der Waals surface area (Å²) >= 11 is 0. The minimum Gasteiger partial charge on any atom is -0.481 e. The Balaban J connectivity index is 4.44. The average molecular weight is 333 g/mol. The Morgan fingerprint density at radius 3 is 1.83 bits per heavy atom. The van der Waals surface area contributed by atoms with Crippen LogP contribution in [0.2, 0.25) is 0 Å². The smallest absolute Gasteiger partial charge is 0.326 e. The largest absolute Gasteiger partial charge is 0.481 e. The minimum atomic E-state index is -1.40. The van der Waals surface area contributed by atoms with Crippen molar-refractivity contribution in [3.8, 4) is 0 Å². The second-order valence-electron chi connectivity index (χ2n) is 4.93. The summed E-state index contributed by atoms with van der Waals surface area (Å²) < 4.78 is 0. The first-order valence-corrected chi connectivity index (χ1v) is 7.17. The SMILES string of the molecule is CNCCCC[C@@H](NC(=O)N[C@H](CCC(=O)O)C(=O)O)C(=O)O. The number of aliphatic carboxylic acids is 3. The fraction of sp³-hybridized carbons (Fsp3) is 0.692. The standard InChI is InChI=1S/C13H23N3O7/c1-14-7-3-2-4-8(11(19)20)15-13(23)16-9(12(21)22)5-6-10(17)18/h8-9,14H,2-7H2,1H3,(H,17,18)(H,19,20)(H,21,22)(H2,15,16,23)/t8-,9-/m1/s1. The number of carboxylic acid groups (broad SMARTS) is 3. The van der Waals surface area contributed by atoms with E-state index in [9.17, 15) is 19.2 Å². The van der Waals surface area contributed by atoms with Crippen molar-refractivity contribution in [1.29, 1.82) is 0 Å². The van der Waals surface area contributed by atoms with E-state index in [-0.39, 0.29) is 12.8 Å². The van der Waals surface area contributed by atoms with Gasteiger partial charge in [-0.25, -0.2) is 14.4 Å². The van der Waals surface area contributed by atoms with E-state index in [0.717, 1.165) is 13.0 Å². The van der Waals surface area contributed by atoms with Crippen LogP contribution in [0.5, 0.6) is 0 Å². The van der Waals surface area contributed by atoms with Gasteiger partial charge in [-0.05, 0) is 39.3 Å². The fourth-order valence-electron chi connectivity index (χ4n) is 1.79. The van der Waals surface area contributed by atoms with Crippen LogP contribution in [0.3, 0.4) is 0 Å². The number of rotatable bonds is 12. The number of carbonyl (C=O) groups is 4. The molecule has 2 atom stereocenters. The molecule has 6 N–H and O–H groups in total. The van der Waals surface area contributed by atoms with Gasteiger partial charge in [0.1, 0.15) is 12.1 Å². The zero-order valence-electron chi connectivity index (χ0n) is 12.9. The van der Waals surface area contributed by atoms with E-state index in [4.69, 9.17) is 15.3 Å². The van der Waals surface area contributed by atoms with E-state index < -0.39 is 42.4 Å². The van der Waals surface area contributed by atoms with E-state index in [1.807, 2.05) is 0 Å². The van der Waals surface area contributed by atoms with Gasteiger partial charge in [0.25, 0.3) is 0 Å². The molecule has 0 saturated carbocycles. The van der Waals surface area contributed by atoms with Crippen LogP contribution in [0, 0.1) is 0 Å². The molecule has 0 radical (unpaired) electrons. The first-order chi connectivity index (χ1) is 10.8. The second-order valence-corrected chi connectivity index (χ2v) is 4.93. The summed E-state index contributed by atoms with van der Waals surface area (Å²) in [7, 11) is 1.77. The molecule has 0 heterocycles. The summed E-state index contributed by atoms with van der Waals surface area (Å²) in [6.45, 7) is 0.717. The van der Waals surface area contributed by atoms with Crippen LogP contribution in [0.4, 0.5) is 4.79 Å². The van der Waals surface area contributed by atoms with Gasteiger partial charge >= 0.3 is 23.9 Å². The van der Waals surface area contributed by atoms with Crippen molar-refractivity contribution in [2.75, 3.05) is 13.6 Å². The molecule has 10 nitrogen and oxygen atoms in total. The molecule has 0 bridgehead atoms. The summed E-state index contributed by atoms with van der Waals surface area (Å²) in [4.78, 5) is 44.2. The number of unbranched alkanes of at least 4 members (excludes halogenated alkanes) is 1. The topological polar surface area (TPSA) is 165 Å². The van der Waals surface area contributed by atoms with E-state index in [2.05, 4.69) is 16.0 Å². The molecular formula is C13H23N3O7. The van der Waals surface area contributed by atoms with Crippen molar-refractivity contribution >= 4 is 23.9 Å². The van der Waals surface area contributed by atoms with Gasteiger partial charge in [-0.2, -0.15) is 0 Å². The van der Waals surface area contributed by atoms with Crippen LogP contribution in [-0.4, -0.2) is 64.9 Å². The minimum absolute atomic E-state index is 0.206. The van der Waals surface area contributed by atoms with Gasteiger partial charge in [-0.15, -0.1) is 0 Å². The summed E-state index contributed by atoms with van der Waals surface area (Å²) in [6.07, 6.45) is 0.790. The van der Waals surface area contributed by atoms with E-state index >= 15 is 0 Å². The molecule has 0 unspecified atom stereocenters. The zero-order chi connectivity index (χ0) is 17.8. The normalized spacial score (nSPS) is 12.9. The molecule has 0 rings (SSSR count). The van der Waals surface area contributed by atoms with E-state index in [0.29, 0.717) is 6.42 Å². The van der Waals surface area contributed by atoms with Crippen LogP contribution in [-0.2, 0) is 14.4 Å². The summed E-state index contributed by atoms with van der Waals surface area (Å²) in [5.41, 5.74) is 0. The van der Waals surface area contributed by atoms with Crippen LogP contribution >= 0.6 is 0 Å². The van der Waals surface area contributed by atoms with Crippen molar-refractivity contribution in [1.82, 2.24) is 16.0 Å². The number of hydrogen-bond acceptors (Lipinski definition) is 5. The number of urea groups is 1. The maximum atomic E-state index is 11.7. The molecule has 0 aromatic carbocycles. The molecule has 0 spiro atoms. The highest BCUT2D eigenvalue weighted by Gasteiger charge is 2.24. The molecule has 132 valence electrons. The summed E-state index contributed by atoms with van der Waals surface area (Å²) in [6, 6.07) is -3.49. The number of hydrogen-bond donors (Lipinski definition) is 6. The Morgan fingerprint density at radius 1 is 0.870 bits per heavy atom. The van der Waals surface area contributed by atoms with Crippen molar-refractivity contribution < 1.29 is 34.5 Å². The fourth-order valence-corrected chi connectivity index (χ4v) is 1.79. The molecule has 0 aliphatic heterocycles. The number of carbonyl (C=O) groups excluding carboxylic acids is 1. The lowest BCUT2D eigenvalue weighted by Gasteiger charge is -2.18. The highest BCUT2D eigenvalue weighted by Crippen LogP contribution is 2.02. The van der Waals surface area contributed by atoms with Crippen LogP contribution in [0.1, 0.15) is 32.1 Å². The van der Waals surface area contributed by atoms with Gasteiger partial charge in [0.05, 0.1) is 0 Å². The molecule has 0 aliphatic rings. The summed E-state index contributed by atoms with van der Waals surface area (Å²) in [5, 5.41) is 33.7. The van der Waals surface area contributed by atoms with Crippen molar-refractivity contribution in [3.05, 3.63) is 0 Å². The Hall–Kier alpha value is -2.36. The molecule has 0 saturated heterocycles. The molecule has 23 heavy (non-hydrogen) atoms. The third-order valence-corrected chi connectivity index (χ3v) is 3.02. The quantitative estimate of drug-likeness (QED) is 0.259. The predicted octanol–water partition coefficient (Wildman–Crippen LogP) is -0.553. The zero-order valence-corrected chi connectivity index (χ0v) is 12.9. The van der Waals surface area contributed by atoms with Crippen LogP contribution in [0.15, 0.2) is 0 Å². The Bertz CT molecular complexity index is 428. The maximum absolute atomic E-state index is 11.7. The number of nitrogens with one attached hydrogen (secondary N) is 3. The maximum Gasteiger partial charge on any atom is 0.326 e. The Kier molecular flexibility index (Phi) is 10.1. The third-order valence-electron chi connectivity index (χ3n) is 3.02. The molecule has 0 aromatic heterocycles. The first kappa shape index (κ1) is 20.6.